The number of hydrogen-bond acceptors (Lipinski definition) is 3. The topological polar surface area (TPSA) is 46.5 Å². The Morgan fingerprint density at radius 3 is 2.06 bits per heavy atom. The molecule has 1 unspecified atom stereocenters. The molecule has 0 amide bonds. The predicted octanol–water partition coefficient (Wildman–Crippen LogP) is 3.87. The van der Waals surface area contributed by atoms with Gasteiger partial charge in [-0.25, -0.2) is 0 Å². The number of aromatic hydroxyl groups is 1. The predicted molar refractivity (Wildman–Crippen MR) is 73.7 cm³/mol. The number of esters is 1. The zero-order valence-corrected chi connectivity index (χ0v) is 11.8. The molecule has 102 valence electrons. The fraction of sp³-hybridized carbons (Fsp3) is 0.533. The molecule has 3 nitrogen and oxygen atoms in total. The molecular formula is C15H24O3. The molecular weight excluding hydrogens is 228 g/mol. The van der Waals surface area contributed by atoms with Crippen molar-refractivity contribution in [3.63, 3.8) is 0 Å². The molecule has 0 aliphatic rings. The number of unbranched alkanes of at least 4 members (excludes halogenated alkanes) is 1. The van der Waals surface area contributed by atoms with Gasteiger partial charge in [0.05, 0.1) is 12.5 Å². The normalized spacial score (nSPS) is 11.1. The Balaban J connectivity index is 0.000000631. The van der Waals surface area contributed by atoms with Crippen LogP contribution < -0.4 is 0 Å². The van der Waals surface area contributed by atoms with Crippen LogP contribution in [0.15, 0.2) is 24.3 Å². The van der Waals surface area contributed by atoms with Gasteiger partial charge in [-0.2, -0.15) is 0 Å². The maximum atomic E-state index is 11.3. The minimum atomic E-state index is -0.282. The average molecular weight is 252 g/mol. The highest BCUT2D eigenvalue weighted by molar-refractivity contribution is 5.77. The van der Waals surface area contributed by atoms with Gasteiger partial charge < -0.3 is 9.84 Å². The fourth-order valence-corrected chi connectivity index (χ4v) is 1.17. The highest BCUT2D eigenvalue weighted by Crippen LogP contribution is 2.19. The third kappa shape index (κ3) is 6.28. The van der Waals surface area contributed by atoms with Gasteiger partial charge in [0.25, 0.3) is 0 Å². The van der Waals surface area contributed by atoms with Crippen LogP contribution in [0.3, 0.4) is 0 Å². The number of carbonyl (C=O) groups excluding carboxylic acids is 1. The lowest BCUT2D eigenvalue weighted by Gasteiger charge is -2.10. The molecule has 0 aliphatic heterocycles. The van der Waals surface area contributed by atoms with Gasteiger partial charge in [-0.3, -0.25) is 4.79 Å². The van der Waals surface area contributed by atoms with E-state index in [1.807, 2.05) is 0 Å². The summed E-state index contributed by atoms with van der Waals surface area (Å²) in [5.74, 6) is -0.321. The summed E-state index contributed by atoms with van der Waals surface area (Å²) in [4.78, 5) is 11.3. The van der Waals surface area contributed by atoms with Crippen LogP contribution in [0.1, 0.15) is 52.0 Å². The lowest BCUT2D eigenvalue weighted by atomic mass is 10.0. The maximum Gasteiger partial charge on any atom is 0.313 e. The Labute approximate surface area is 110 Å². The van der Waals surface area contributed by atoms with E-state index in [-0.39, 0.29) is 17.6 Å². The summed E-state index contributed by atoms with van der Waals surface area (Å²) in [6.45, 7) is 8.31. The smallest absolute Gasteiger partial charge is 0.313 e. The monoisotopic (exact) mass is 252 g/mol. The van der Waals surface area contributed by atoms with Crippen molar-refractivity contribution in [3.8, 4) is 5.75 Å². The molecule has 3 heteroatoms. The molecule has 18 heavy (non-hydrogen) atoms. The molecule has 1 N–H and O–H groups in total. The van der Waals surface area contributed by atoms with Gasteiger partial charge in [0.1, 0.15) is 5.75 Å². The molecule has 1 rings (SSSR count). The summed E-state index contributed by atoms with van der Waals surface area (Å²) in [6, 6.07) is 6.56. The van der Waals surface area contributed by atoms with Gasteiger partial charge in [0.2, 0.25) is 0 Å². The Hall–Kier alpha value is -1.51. The quantitative estimate of drug-likeness (QED) is 0.827. The summed E-state index contributed by atoms with van der Waals surface area (Å²) in [5, 5.41) is 9.06. The van der Waals surface area contributed by atoms with Crippen LogP contribution in [-0.2, 0) is 9.53 Å². The summed E-state index contributed by atoms with van der Waals surface area (Å²) in [7, 11) is 0. The summed E-state index contributed by atoms with van der Waals surface area (Å²) in [6.07, 6.45) is 2.64. The van der Waals surface area contributed by atoms with E-state index in [1.165, 1.54) is 12.8 Å². The molecule has 1 atom stereocenters. The van der Waals surface area contributed by atoms with Crippen LogP contribution in [-0.4, -0.2) is 17.7 Å². The summed E-state index contributed by atoms with van der Waals surface area (Å²) < 4.78 is 4.89. The molecule has 0 aliphatic carbocycles. The number of benzene rings is 1. The van der Waals surface area contributed by atoms with Crippen LogP contribution in [0.25, 0.3) is 0 Å². The molecule has 0 bridgehead atoms. The first kappa shape index (κ1) is 16.5. The third-order valence-electron chi connectivity index (χ3n) is 2.53. The van der Waals surface area contributed by atoms with E-state index in [2.05, 4.69) is 13.8 Å². The van der Waals surface area contributed by atoms with Crippen LogP contribution >= 0.6 is 0 Å². The van der Waals surface area contributed by atoms with Crippen molar-refractivity contribution in [1.29, 1.82) is 0 Å². The molecule has 0 saturated carbocycles. The number of hydrogen-bond donors (Lipinski definition) is 1. The minimum Gasteiger partial charge on any atom is -0.508 e. The molecule has 0 radical (unpaired) electrons. The van der Waals surface area contributed by atoms with Crippen molar-refractivity contribution in [1.82, 2.24) is 0 Å². The second kappa shape index (κ2) is 9.51. The molecule has 1 aromatic rings. The highest BCUT2D eigenvalue weighted by atomic mass is 16.5. The van der Waals surface area contributed by atoms with Crippen LogP contribution in [0.5, 0.6) is 5.75 Å². The Kier molecular flexibility index (Phi) is 8.71. The fourth-order valence-electron chi connectivity index (χ4n) is 1.17. The number of carbonyl (C=O) groups is 1. The largest absolute Gasteiger partial charge is 0.508 e. The van der Waals surface area contributed by atoms with Crippen molar-refractivity contribution in [2.24, 2.45) is 0 Å². The van der Waals surface area contributed by atoms with E-state index in [9.17, 15) is 4.79 Å². The Morgan fingerprint density at radius 2 is 1.67 bits per heavy atom. The average Bonchev–Trinajstić information content (AvgIpc) is 2.39. The Bertz CT molecular complexity index is 328. The van der Waals surface area contributed by atoms with Crippen molar-refractivity contribution in [3.05, 3.63) is 29.8 Å². The summed E-state index contributed by atoms with van der Waals surface area (Å²) >= 11 is 0. The van der Waals surface area contributed by atoms with Gasteiger partial charge in [-0.05, 0) is 31.5 Å². The van der Waals surface area contributed by atoms with Crippen LogP contribution in [0.4, 0.5) is 0 Å². The second-order valence-electron chi connectivity index (χ2n) is 4.07. The standard InChI is InChI=1S/C11H14O3.C4H10/c1-3-14-11(13)8(2)9-4-6-10(12)7-5-9;1-3-4-2/h4-8,12H,3H2,1-2H3;3-4H2,1-2H3. The van der Waals surface area contributed by atoms with E-state index >= 15 is 0 Å². The second-order valence-corrected chi connectivity index (χ2v) is 4.07. The third-order valence-corrected chi connectivity index (χ3v) is 2.53. The number of ether oxygens (including phenoxy) is 1. The zero-order valence-electron chi connectivity index (χ0n) is 11.8. The van der Waals surface area contributed by atoms with Gasteiger partial charge in [-0.15, -0.1) is 0 Å². The molecule has 0 fully saturated rings. The van der Waals surface area contributed by atoms with Crippen molar-refractivity contribution in [2.75, 3.05) is 6.61 Å². The number of rotatable bonds is 4. The molecule has 0 heterocycles. The van der Waals surface area contributed by atoms with Gasteiger partial charge in [-0.1, -0.05) is 38.8 Å². The van der Waals surface area contributed by atoms with Gasteiger partial charge in [0.15, 0.2) is 0 Å². The van der Waals surface area contributed by atoms with E-state index in [0.29, 0.717) is 6.61 Å². The van der Waals surface area contributed by atoms with E-state index < -0.39 is 0 Å². The SMILES string of the molecule is CCCC.CCOC(=O)C(C)c1ccc(O)cc1. The van der Waals surface area contributed by atoms with Crippen molar-refractivity contribution < 1.29 is 14.6 Å². The van der Waals surface area contributed by atoms with Gasteiger partial charge >= 0.3 is 5.97 Å². The van der Waals surface area contributed by atoms with Gasteiger partial charge in [0, 0.05) is 0 Å². The summed E-state index contributed by atoms with van der Waals surface area (Å²) in [5.41, 5.74) is 0.848. The van der Waals surface area contributed by atoms with E-state index in [4.69, 9.17) is 9.84 Å². The lowest BCUT2D eigenvalue weighted by molar-refractivity contribution is -0.144. The van der Waals surface area contributed by atoms with Crippen molar-refractivity contribution >= 4 is 5.97 Å². The van der Waals surface area contributed by atoms with E-state index in [1.54, 1.807) is 38.1 Å². The first-order valence-electron chi connectivity index (χ1n) is 6.52. The zero-order chi connectivity index (χ0) is 14.0. The number of phenolic OH excluding ortho intramolecular Hbond substituents is 1. The minimum absolute atomic E-state index is 0.199. The van der Waals surface area contributed by atoms with Crippen LogP contribution in [0, 0.1) is 0 Å². The Morgan fingerprint density at radius 1 is 1.17 bits per heavy atom. The molecule has 0 spiro atoms. The first-order valence-corrected chi connectivity index (χ1v) is 6.52. The van der Waals surface area contributed by atoms with Crippen molar-refractivity contribution in [2.45, 2.75) is 46.5 Å². The highest BCUT2D eigenvalue weighted by Gasteiger charge is 2.15. The van der Waals surface area contributed by atoms with Crippen LogP contribution in [0.2, 0.25) is 0 Å². The lowest BCUT2D eigenvalue weighted by Crippen LogP contribution is -2.12. The molecule has 1 aromatic carbocycles. The maximum absolute atomic E-state index is 11.3. The first-order chi connectivity index (χ1) is 8.56. The molecule has 0 saturated heterocycles. The van der Waals surface area contributed by atoms with E-state index in [0.717, 1.165) is 5.56 Å². The molecule has 0 aromatic heterocycles. The number of phenols is 1.